The van der Waals surface area contributed by atoms with E-state index in [9.17, 15) is 5.26 Å². The van der Waals surface area contributed by atoms with Gasteiger partial charge in [0.25, 0.3) is 0 Å². The molecule has 33 heavy (non-hydrogen) atoms. The van der Waals surface area contributed by atoms with Crippen LogP contribution < -0.4 is 10.2 Å². The normalized spacial score (nSPS) is 13.5. The highest BCUT2D eigenvalue weighted by Gasteiger charge is 2.18. The van der Waals surface area contributed by atoms with Gasteiger partial charge in [-0.05, 0) is 43.3 Å². The lowest BCUT2D eigenvalue weighted by molar-refractivity contribution is 0.122. The first-order valence-corrected chi connectivity index (χ1v) is 10.7. The fourth-order valence-electron chi connectivity index (χ4n) is 3.80. The Kier molecular flexibility index (Phi) is 5.66. The molecule has 9 nitrogen and oxygen atoms in total. The number of hydrogen-bond acceptors (Lipinski definition) is 8. The highest BCUT2D eigenvalue weighted by atomic mass is 16.5. The number of nitrogens with zero attached hydrogens (tertiary/aromatic N) is 7. The van der Waals surface area contributed by atoms with Crippen molar-refractivity contribution < 1.29 is 4.74 Å². The van der Waals surface area contributed by atoms with E-state index < -0.39 is 0 Å². The molecule has 1 aliphatic rings. The third-order valence-electron chi connectivity index (χ3n) is 5.43. The molecule has 0 amide bonds. The van der Waals surface area contributed by atoms with Crippen molar-refractivity contribution in [1.29, 1.82) is 5.26 Å². The molecule has 1 saturated heterocycles. The van der Waals surface area contributed by atoms with E-state index in [1.165, 1.54) is 0 Å². The van der Waals surface area contributed by atoms with Crippen molar-refractivity contribution in [3.8, 4) is 23.0 Å². The van der Waals surface area contributed by atoms with E-state index in [1.807, 2.05) is 55.5 Å². The van der Waals surface area contributed by atoms with Gasteiger partial charge in [-0.2, -0.15) is 10.4 Å². The highest BCUT2D eigenvalue weighted by molar-refractivity contribution is 5.77. The predicted octanol–water partition coefficient (Wildman–Crippen LogP) is 3.48. The van der Waals surface area contributed by atoms with E-state index in [2.05, 4.69) is 36.3 Å². The van der Waals surface area contributed by atoms with Crippen LogP contribution in [0.15, 0.2) is 61.1 Å². The van der Waals surface area contributed by atoms with Gasteiger partial charge in [-0.15, -0.1) is 0 Å². The Morgan fingerprint density at radius 3 is 2.58 bits per heavy atom. The lowest BCUT2D eigenvalue weighted by Gasteiger charge is -2.30. The topological polar surface area (TPSA) is 105 Å². The molecule has 1 aliphatic heterocycles. The largest absolute Gasteiger partial charge is 0.378 e. The van der Waals surface area contributed by atoms with Gasteiger partial charge in [-0.25, -0.2) is 19.6 Å². The molecule has 0 aliphatic carbocycles. The van der Waals surface area contributed by atoms with Crippen molar-refractivity contribution in [2.45, 2.75) is 6.92 Å². The average molecular weight is 438 g/mol. The van der Waals surface area contributed by atoms with Crippen LogP contribution in [-0.2, 0) is 4.74 Å². The summed E-state index contributed by atoms with van der Waals surface area (Å²) in [5, 5.41) is 17.5. The zero-order valence-corrected chi connectivity index (χ0v) is 18.1. The molecule has 2 aromatic heterocycles. The Hall–Kier alpha value is -4.29. The number of aryl methyl sites for hydroxylation is 1. The molecular weight excluding hydrogens is 416 g/mol. The Bertz CT molecular complexity index is 1300. The Balaban J connectivity index is 1.40. The lowest BCUT2D eigenvalue weighted by atomic mass is 10.0. The van der Waals surface area contributed by atoms with Crippen LogP contribution in [0.1, 0.15) is 11.4 Å². The maximum Gasteiger partial charge on any atom is 0.227 e. The average Bonchev–Trinajstić information content (AvgIpc) is 3.31. The summed E-state index contributed by atoms with van der Waals surface area (Å²) in [6.45, 7) is 4.70. The maximum absolute atomic E-state index is 9.94. The summed E-state index contributed by atoms with van der Waals surface area (Å²) in [6, 6.07) is 17.8. The molecule has 4 aromatic rings. The molecule has 5 rings (SSSR count). The molecule has 0 spiro atoms. The minimum absolute atomic E-state index is 0.456. The molecular formula is C24H22N8O. The third kappa shape index (κ3) is 4.37. The summed E-state index contributed by atoms with van der Waals surface area (Å²) in [4.78, 5) is 15.4. The first kappa shape index (κ1) is 20.6. The van der Waals surface area contributed by atoms with Gasteiger partial charge in [-0.1, -0.05) is 12.1 Å². The Morgan fingerprint density at radius 1 is 1.03 bits per heavy atom. The molecule has 0 atom stereocenters. The van der Waals surface area contributed by atoms with Gasteiger partial charge in [0.15, 0.2) is 0 Å². The second-order valence-electron chi connectivity index (χ2n) is 7.58. The summed E-state index contributed by atoms with van der Waals surface area (Å²) in [7, 11) is 0. The molecule has 0 radical (unpaired) electrons. The lowest BCUT2D eigenvalue weighted by Crippen LogP contribution is -2.36. The van der Waals surface area contributed by atoms with E-state index in [0.717, 1.165) is 41.5 Å². The van der Waals surface area contributed by atoms with Gasteiger partial charge >= 0.3 is 0 Å². The first-order valence-electron chi connectivity index (χ1n) is 10.7. The SMILES string of the molecule is Cc1ncn(-c2ccc(Nc3nccc(-c4cccc(N5CCOCC5)c4C#N)n3)cc2)n1. The van der Waals surface area contributed by atoms with Gasteiger partial charge in [0, 0.05) is 30.5 Å². The van der Waals surface area contributed by atoms with Crippen LogP contribution in [-0.4, -0.2) is 51.0 Å². The van der Waals surface area contributed by atoms with Crippen LogP contribution >= 0.6 is 0 Å². The second-order valence-corrected chi connectivity index (χ2v) is 7.58. The molecule has 0 unspecified atom stereocenters. The molecule has 3 heterocycles. The van der Waals surface area contributed by atoms with Gasteiger partial charge in [0.1, 0.15) is 18.2 Å². The fourth-order valence-corrected chi connectivity index (χ4v) is 3.80. The smallest absolute Gasteiger partial charge is 0.227 e. The monoisotopic (exact) mass is 438 g/mol. The standard InChI is InChI=1S/C24H22N8O/c1-17-27-16-32(30-17)19-7-5-18(6-8-19)28-24-26-10-9-22(29-24)20-3-2-4-23(21(20)15-25)31-11-13-33-14-12-31/h2-10,16H,11-14H2,1H3,(H,26,28,29). The number of hydrogen-bond donors (Lipinski definition) is 1. The van der Waals surface area contributed by atoms with Crippen molar-refractivity contribution in [2.75, 3.05) is 36.5 Å². The van der Waals surface area contributed by atoms with E-state index >= 15 is 0 Å². The molecule has 2 aromatic carbocycles. The Morgan fingerprint density at radius 2 is 1.85 bits per heavy atom. The molecule has 164 valence electrons. The van der Waals surface area contributed by atoms with Gasteiger partial charge in [0.2, 0.25) is 5.95 Å². The van der Waals surface area contributed by atoms with E-state index in [0.29, 0.717) is 30.4 Å². The quantitative estimate of drug-likeness (QED) is 0.505. The van der Waals surface area contributed by atoms with Gasteiger partial charge in [-0.3, -0.25) is 0 Å². The predicted molar refractivity (Wildman–Crippen MR) is 125 cm³/mol. The first-order chi connectivity index (χ1) is 16.2. The van der Waals surface area contributed by atoms with Gasteiger partial charge < -0.3 is 15.0 Å². The summed E-state index contributed by atoms with van der Waals surface area (Å²) in [5.74, 6) is 1.18. The van der Waals surface area contributed by atoms with Crippen LogP contribution in [0.3, 0.4) is 0 Å². The third-order valence-corrected chi connectivity index (χ3v) is 5.43. The summed E-state index contributed by atoms with van der Waals surface area (Å²) >= 11 is 0. The van der Waals surface area contributed by atoms with Gasteiger partial charge in [0.05, 0.1) is 35.8 Å². The number of nitriles is 1. The number of ether oxygens (including phenoxy) is 1. The summed E-state index contributed by atoms with van der Waals surface area (Å²) < 4.78 is 7.18. The van der Waals surface area contributed by atoms with Crippen molar-refractivity contribution in [2.24, 2.45) is 0 Å². The number of morpholine rings is 1. The van der Waals surface area contributed by atoms with Crippen molar-refractivity contribution in [3.05, 3.63) is 72.4 Å². The zero-order valence-electron chi connectivity index (χ0n) is 18.1. The number of anilines is 3. The number of nitrogens with one attached hydrogen (secondary N) is 1. The minimum atomic E-state index is 0.456. The van der Waals surface area contributed by atoms with Crippen LogP contribution in [0.2, 0.25) is 0 Å². The minimum Gasteiger partial charge on any atom is -0.378 e. The number of benzene rings is 2. The van der Waals surface area contributed by atoms with E-state index in [-0.39, 0.29) is 0 Å². The zero-order chi connectivity index (χ0) is 22.6. The number of aromatic nitrogens is 5. The van der Waals surface area contributed by atoms with Crippen LogP contribution in [0, 0.1) is 18.3 Å². The molecule has 0 bridgehead atoms. The fraction of sp³-hybridized carbons (Fsp3) is 0.208. The van der Waals surface area contributed by atoms with Crippen molar-refractivity contribution in [3.63, 3.8) is 0 Å². The summed E-state index contributed by atoms with van der Waals surface area (Å²) in [6.07, 6.45) is 3.38. The molecule has 1 fully saturated rings. The van der Waals surface area contributed by atoms with Crippen molar-refractivity contribution >= 4 is 17.3 Å². The summed E-state index contributed by atoms with van der Waals surface area (Å²) in [5.41, 5.74) is 4.74. The maximum atomic E-state index is 9.94. The highest BCUT2D eigenvalue weighted by Crippen LogP contribution is 2.31. The molecule has 0 saturated carbocycles. The number of rotatable bonds is 5. The van der Waals surface area contributed by atoms with Crippen LogP contribution in [0.25, 0.3) is 16.9 Å². The van der Waals surface area contributed by atoms with Crippen molar-refractivity contribution in [1.82, 2.24) is 24.7 Å². The van der Waals surface area contributed by atoms with E-state index in [4.69, 9.17) is 4.74 Å². The molecule has 9 heteroatoms. The Labute approximate surface area is 191 Å². The van der Waals surface area contributed by atoms with Crippen LogP contribution in [0.4, 0.5) is 17.3 Å². The molecule has 1 N–H and O–H groups in total. The van der Waals surface area contributed by atoms with Crippen LogP contribution in [0.5, 0.6) is 0 Å². The van der Waals surface area contributed by atoms with E-state index in [1.54, 1.807) is 17.2 Å². The second kappa shape index (κ2) is 9.06.